The van der Waals surface area contributed by atoms with Gasteiger partial charge in [-0.1, -0.05) is 60.1 Å². The molecule has 5 aliphatic carbocycles. The molecule has 9 fully saturated rings. The number of carbonyl (C=O) groups is 1. The number of aliphatic hydroxyl groups excluding tert-OH is 16. The molecule has 28 heteroatoms. The van der Waals surface area contributed by atoms with Crippen molar-refractivity contribution in [1.29, 1.82) is 0 Å². The Balaban J connectivity index is 0.910. The minimum absolute atomic E-state index is 0.0300. The second-order valence-electron chi connectivity index (χ2n) is 29.4. The van der Waals surface area contributed by atoms with Gasteiger partial charge in [-0.25, -0.2) is 4.79 Å². The fourth-order valence-electron chi connectivity index (χ4n) is 18.2. The molecule has 0 aromatic heterocycles. The summed E-state index contributed by atoms with van der Waals surface area (Å²) in [5.41, 5.74) is -1.66. The molecular weight excluding hydrogens is 1180 g/mol. The van der Waals surface area contributed by atoms with Gasteiger partial charge < -0.3 is 134 Å². The minimum Gasteiger partial charge on any atom is -0.467 e. The molecule has 5 aliphatic heterocycles. The Morgan fingerprint density at radius 1 is 0.494 bits per heavy atom. The predicted molar refractivity (Wildman–Crippen MR) is 300 cm³/mol. The largest absolute Gasteiger partial charge is 0.467 e. The van der Waals surface area contributed by atoms with Crippen LogP contribution in [0.3, 0.4) is 0 Å². The lowest BCUT2D eigenvalue weighted by Crippen LogP contribution is -2.68. The van der Waals surface area contributed by atoms with Crippen molar-refractivity contribution in [3.05, 3.63) is 11.6 Å². The van der Waals surface area contributed by atoms with Crippen LogP contribution in [0.5, 0.6) is 0 Å². The molecule has 28 nitrogen and oxygen atoms in total. The normalized spacial score (nSPS) is 55.0. The zero-order valence-electron chi connectivity index (χ0n) is 52.1. The van der Waals surface area contributed by atoms with Gasteiger partial charge in [-0.15, -0.1) is 0 Å². The van der Waals surface area contributed by atoms with E-state index in [4.69, 9.17) is 52.1 Å². The zero-order chi connectivity index (χ0) is 65.2. The van der Waals surface area contributed by atoms with Gasteiger partial charge >= 0.3 is 5.97 Å². The molecular formula is C61H100O28. The third-order valence-electron chi connectivity index (χ3n) is 23.9. The molecule has 0 amide bonds. The van der Waals surface area contributed by atoms with E-state index in [0.29, 0.717) is 38.5 Å². The van der Waals surface area contributed by atoms with Gasteiger partial charge in [0.15, 0.2) is 37.6 Å². The number of esters is 1. The van der Waals surface area contributed by atoms with Crippen LogP contribution in [-0.2, 0) is 56.9 Å². The van der Waals surface area contributed by atoms with Gasteiger partial charge in [0.1, 0.15) is 110 Å². The van der Waals surface area contributed by atoms with E-state index in [9.17, 15) is 86.5 Å². The molecule has 5 saturated heterocycles. The first-order valence-electron chi connectivity index (χ1n) is 31.7. The minimum atomic E-state index is -2.02. The van der Waals surface area contributed by atoms with Crippen molar-refractivity contribution in [2.45, 2.75) is 279 Å². The van der Waals surface area contributed by atoms with E-state index in [1.165, 1.54) is 12.5 Å². The average Bonchev–Trinajstić information content (AvgIpc) is 2.95. The van der Waals surface area contributed by atoms with Crippen LogP contribution in [0.2, 0.25) is 0 Å². The van der Waals surface area contributed by atoms with Crippen molar-refractivity contribution >= 4 is 5.97 Å². The molecule has 89 heavy (non-hydrogen) atoms. The third-order valence-corrected chi connectivity index (χ3v) is 23.9. The van der Waals surface area contributed by atoms with Gasteiger partial charge in [-0.05, 0) is 104 Å². The van der Waals surface area contributed by atoms with E-state index in [2.05, 4.69) is 47.6 Å². The fourth-order valence-corrected chi connectivity index (χ4v) is 18.2. The Hall–Kier alpha value is -1.83. The lowest BCUT2D eigenvalue weighted by atomic mass is 9.33. The Labute approximate surface area is 517 Å². The molecule has 0 radical (unpaired) electrons. The molecule has 10 aliphatic rings. The maximum atomic E-state index is 13.2. The predicted octanol–water partition coefficient (Wildman–Crippen LogP) is -3.56. The van der Waals surface area contributed by atoms with E-state index in [1.54, 1.807) is 0 Å². The van der Waals surface area contributed by atoms with E-state index >= 15 is 0 Å². The van der Waals surface area contributed by atoms with Gasteiger partial charge in [0.2, 0.25) is 0 Å². The first-order valence-corrected chi connectivity index (χ1v) is 31.7. The zero-order valence-corrected chi connectivity index (χ0v) is 52.1. The molecule has 16 N–H and O–H groups in total. The summed E-state index contributed by atoms with van der Waals surface area (Å²) in [5, 5.41) is 175. The van der Waals surface area contributed by atoms with Crippen LogP contribution in [0.15, 0.2) is 11.6 Å². The summed E-state index contributed by atoms with van der Waals surface area (Å²) in [7, 11) is 1.06. The summed E-state index contributed by atoms with van der Waals surface area (Å²) in [6, 6.07) is 0. The third kappa shape index (κ3) is 11.7. The fraction of sp³-hybridized carbons (Fsp3) is 0.951. The summed E-state index contributed by atoms with van der Waals surface area (Å²) < 4.78 is 66.9. The van der Waals surface area contributed by atoms with Crippen LogP contribution in [0.25, 0.3) is 0 Å². The standard InChI is InChI=1S/C61H100O28/c1-24-34(66)38(70)44(76)51(80-24)87-48-41(73)37(69)29(22-64)83-54(48)89-49-43(75)42(74)46(50(78)79-9)86-55(49)84-32-13-14-58(5)30(59(32,6)23-65)12-15-61(8)31(58)11-10-25-26-18-56(2,3)19-33(57(26,4)16-17-60(25,61)7)85-53-47(40(72)36(68)28(21-63)82-53)88-52-45(77)39(71)35(67)27(20-62)81-52/h10,24,26-49,51-55,62-77H,11-23H2,1-9H3/t24-,26-,27+,28+,29+,30+,31+,32-,33+,34-,35+,36+,37+,38+,39-,40-,41-,42-,43-,44+,45+,46-,47+,48+,49+,51-,52-,53-,54-,55+,57+,58-,59+,60+,61+/m0/s1. The van der Waals surface area contributed by atoms with E-state index in [1.807, 2.05) is 6.92 Å². The number of allylic oxidation sites excluding steroid dienone is 2. The van der Waals surface area contributed by atoms with Crippen LogP contribution >= 0.6 is 0 Å². The number of hydrogen-bond acceptors (Lipinski definition) is 28. The second kappa shape index (κ2) is 26.0. The molecule has 5 heterocycles. The topological polar surface area (TPSA) is 442 Å². The smallest absolute Gasteiger partial charge is 0.337 e. The number of hydrogen-bond donors (Lipinski definition) is 16. The van der Waals surface area contributed by atoms with E-state index in [-0.39, 0.29) is 40.6 Å². The van der Waals surface area contributed by atoms with Gasteiger partial charge in [0.05, 0.1) is 51.8 Å². The lowest BCUT2D eigenvalue weighted by molar-refractivity contribution is -0.396. The number of rotatable bonds is 15. The molecule has 0 bridgehead atoms. The Bertz CT molecular complexity index is 2480. The van der Waals surface area contributed by atoms with Crippen molar-refractivity contribution in [2.24, 2.45) is 50.2 Å². The average molecular weight is 1280 g/mol. The first kappa shape index (κ1) is 70.0. The van der Waals surface area contributed by atoms with Gasteiger partial charge in [-0.2, -0.15) is 0 Å². The lowest BCUT2D eigenvalue weighted by Gasteiger charge is -2.72. The first-order chi connectivity index (χ1) is 41.7. The summed E-state index contributed by atoms with van der Waals surface area (Å²) in [6.45, 7) is 14.3. The van der Waals surface area contributed by atoms with Crippen molar-refractivity contribution in [2.75, 3.05) is 33.5 Å². The Morgan fingerprint density at radius 2 is 0.978 bits per heavy atom. The van der Waals surface area contributed by atoms with E-state index in [0.717, 1.165) is 26.4 Å². The van der Waals surface area contributed by atoms with Crippen LogP contribution < -0.4 is 0 Å². The summed E-state index contributed by atoms with van der Waals surface area (Å²) in [6.07, 6.45) is -35.7. The number of carbonyl (C=O) groups excluding carboxylic acids is 1. The number of ether oxygens (including phenoxy) is 11. The Kier molecular flexibility index (Phi) is 20.4. The van der Waals surface area contributed by atoms with Gasteiger partial charge in [0.25, 0.3) is 0 Å². The molecule has 512 valence electrons. The molecule has 0 aromatic rings. The molecule has 0 spiro atoms. The SMILES string of the molecule is COC(=O)[C@H]1O[C@@H](O[C@H]2CC[C@@]3(C)[C@@H](CC[C@]4(C)[C@@H]3CC=C3[C@@H]5CC(C)(C)C[C@@H](O[C@@H]6O[C@H](CO)[C@@H](O)[C@H](O)[C@H]6O[C@@H]6O[C@H](CO)[C@@H](O)[C@H](O)[C@H]6O)[C@]5(C)CC[C@]34C)[C@@]2(C)CO)[C@H](O[C@@H]2O[C@H](CO)[C@@H](O)[C@H](O)[C@H]2O[C@@H]2O[C@@H](C)[C@H](O)[C@@H](O)[C@H]2O)[C@@H](O)[C@@H]1O. The van der Waals surface area contributed by atoms with Crippen molar-refractivity contribution in [3.8, 4) is 0 Å². The number of aliphatic hydroxyl groups is 16. The van der Waals surface area contributed by atoms with Crippen LogP contribution in [-0.4, -0.2) is 287 Å². The molecule has 4 saturated carbocycles. The molecule has 10 rings (SSSR count). The Morgan fingerprint density at radius 3 is 1.53 bits per heavy atom. The molecule has 0 aromatic carbocycles. The van der Waals surface area contributed by atoms with Crippen molar-refractivity contribution < 1.29 is 139 Å². The summed E-state index contributed by atoms with van der Waals surface area (Å²) >= 11 is 0. The number of fused-ring (bicyclic) bond motifs is 7. The highest BCUT2D eigenvalue weighted by Crippen LogP contribution is 2.76. The summed E-state index contributed by atoms with van der Waals surface area (Å²) in [5.74, 6) is -1.22. The highest BCUT2D eigenvalue weighted by Gasteiger charge is 2.71. The second-order valence-corrected chi connectivity index (χ2v) is 29.4. The van der Waals surface area contributed by atoms with Crippen LogP contribution in [0.1, 0.15) is 113 Å². The quantitative estimate of drug-likeness (QED) is 0.0429. The van der Waals surface area contributed by atoms with Crippen molar-refractivity contribution in [1.82, 2.24) is 0 Å². The maximum Gasteiger partial charge on any atom is 0.337 e. The molecule has 35 atom stereocenters. The van der Waals surface area contributed by atoms with E-state index < -0.39 is 208 Å². The highest BCUT2D eigenvalue weighted by molar-refractivity contribution is 5.75. The summed E-state index contributed by atoms with van der Waals surface area (Å²) in [4.78, 5) is 13.2. The maximum absolute atomic E-state index is 13.2. The van der Waals surface area contributed by atoms with Crippen molar-refractivity contribution in [3.63, 3.8) is 0 Å². The highest BCUT2D eigenvalue weighted by atomic mass is 16.8. The molecule has 0 unspecified atom stereocenters. The van der Waals surface area contributed by atoms with Crippen LogP contribution in [0, 0.1) is 50.2 Å². The van der Waals surface area contributed by atoms with Crippen LogP contribution in [0.4, 0.5) is 0 Å². The van der Waals surface area contributed by atoms with Gasteiger partial charge in [-0.3, -0.25) is 0 Å². The van der Waals surface area contributed by atoms with Gasteiger partial charge in [0, 0.05) is 10.8 Å². The number of methoxy groups -OCH3 is 1. The monoisotopic (exact) mass is 1280 g/mol.